The first-order valence-electron chi connectivity index (χ1n) is 9.97. The Bertz CT molecular complexity index is 823. The highest BCUT2D eigenvalue weighted by Crippen LogP contribution is 2.32. The molecule has 0 amide bonds. The van der Waals surface area contributed by atoms with Gasteiger partial charge in [0.05, 0.1) is 0 Å². The van der Waals surface area contributed by atoms with Gasteiger partial charge < -0.3 is 26.6 Å². The van der Waals surface area contributed by atoms with E-state index in [0.717, 1.165) is 52.4 Å². The van der Waals surface area contributed by atoms with Gasteiger partial charge in [-0.1, -0.05) is 24.3 Å². The Morgan fingerprint density at radius 3 is 1.41 bits per heavy atom. The standard InChI is InChI=1S/C22H29N5/c1-3-17-15-18-4-2-6-22-20(18)16-19(17)21(5-1)26-13-11-24-9-7-23-8-10-25-12-14-27-22/h1-6,15-16,23-27H,7-14H2. The lowest BCUT2D eigenvalue weighted by molar-refractivity contribution is 0.590. The second-order valence-electron chi connectivity index (χ2n) is 7.01. The van der Waals surface area contributed by atoms with Crippen LogP contribution in [0.3, 0.4) is 0 Å². The van der Waals surface area contributed by atoms with Crippen LogP contribution in [0.15, 0.2) is 48.5 Å². The number of hydrogen-bond acceptors (Lipinski definition) is 5. The summed E-state index contributed by atoms with van der Waals surface area (Å²) >= 11 is 0. The monoisotopic (exact) mass is 363 g/mol. The van der Waals surface area contributed by atoms with Gasteiger partial charge in [0.25, 0.3) is 0 Å². The van der Waals surface area contributed by atoms with Crippen LogP contribution < -0.4 is 26.6 Å². The summed E-state index contributed by atoms with van der Waals surface area (Å²) in [6.45, 7) is 7.73. The molecule has 1 aliphatic heterocycles. The highest BCUT2D eigenvalue weighted by atomic mass is 15.0. The van der Waals surface area contributed by atoms with Gasteiger partial charge in [-0.2, -0.15) is 0 Å². The van der Waals surface area contributed by atoms with E-state index in [2.05, 4.69) is 75.1 Å². The largest absolute Gasteiger partial charge is 0.383 e. The predicted octanol–water partition coefficient (Wildman–Crippen LogP) is 2.60. The van der Waals surface area contributed by atoms with E-state index < -0.39 is 0 Å². The molecule has 0 radical (unpaired) electrons. The minimum absolute atomic E-state index is 0.915. The van der Waals surface area contributed by atoms with Gasteiger partial charge in [-0.3, -0.25) is 0 Å². The Morgan fingerprint density at radius 2 is 0.926 bits per heavy atom. The van der Waals surface area contributed by atoms with Crippen LogP contribution in [0, 0.1) is 0 Å². The van der Waals surface area contributed by atoms with Crippen molar-refractivity contribution in [1.82, 2.24) is 16.0 Å². The smallest absolute Gasteiger partial charge is 0.0420 e. The van der Waals surface area contributed by atoms with Crippen molar-refractivity contribution in [3.05, 3.63) is 48.5 Å². The molecular formula is C22H29N5. The van der Waals surface area contributed by atoms with Crippen LogP contribution in [0.25, 0.3) is 21.5 Å². The van der Waals surface area contributed by atoms with Gasteiger partial charge in [-0.15, -0.1) is 0 Å². The van der Waals surface area contributed by atoms with Gasteiger partial charge in [0, 0.05) is 74.5 Å². The molecule has 4 rings (SSSR count). The van der Waals surface area contributed by atoms with E-state index in [1.54, 1.807) is 0 Å². The van der Waals surface area contributed by atoms with Crippen molar-refractivity contribution in [3.63, 3.8) is 0 Å². The van der Waals surface area contributed by atoms with Crippen LogP contribution in [-0.2, 0) is 0 Å². The molecule has 1 heterocycles. The third kappa shape index (κ3) is 4.50. The maximum absolute atomic E-state index is 3.60. The lowest BCUT2D eigenvalue weighted by Crippen LogP contribution is -2.35. The number of benzene rings is 3. The molecule has 5 nitrogen and oxygen atoms in total. The van der Waals surface area contributed by atoms with Gasteiger partial charge in [-0.05, 0) is 35.0 Å². The molecule has 0 aliphatic carbocycles. The van der Waals surface area contributed by atoms with Crippen LogP contribution in [0.2, 0.25) is 0 Å². The molecule has 0 aromatic heterocycles. The highest BCUT2D eigenvalue weighted by molar-refractivity contribution is 6.07. The van der Waals surface area contributed by atoms with Crippen molar-refractivity contribution < 1.29 is 0 Å². The minimum atomic E-state index is 0.915. The summed E-state index contributed by atoms with van der Waals surface area (Å²) in [6.07, 6.45) is 0. The average molecular weight is 364 g/mol. The van der Waals surface area contributed by atoms with E-state index in [-0.39, 0.29) is 0 Å². The Labute approximate surface area is 160 Å². The molecule has 3 aromatic carbocycles. The lowest BCUT2D eigenvalue weighted by atomic mass is 10.0. The molecule has 2 bridgehead atoms. The molecule has 5 heteroatoms. The molecule has 3 aromatic rings. The highest BCUT2D eigenvalue weighted by Gasteiger charge is 2.06. The molecule has 1 aliphatic rings. The van der Waals surface area contributed by atoms with Crippen molar-refractivity contribution in [1.29, 1.82) is 0 Å². The van der Waals surface area contributed by atoms with Crippen LogP contribution >= 0.6 is 0 Å². The third-order valence-corrected chi connectivity index (χ3v) is 5.07. The lowest BCUT2D eigenvalue weighted by Gasteiger charge is -2.15. The molecule has 0 fully saturated rings. The van der Waals surface area contributed by atoms with Gasteiger partial charge in [0.1, 0.15) is 0 Å². The number of anilines is 2. The van der Waals surface area contributed by atoms with Crippen molar-refractivity contribution in [2.24, 2.45) is 0 Å². The molecule has 0 unspecified atom stereocenters. The zero-order chi connectivity index (χ0) is 18.3. The average Bonchev–Trinajstić information content (AvgIpc) is 2.69. The number of hydrogen-bond donors (Lipinski definition) is 5. The summed E-state index contributed by atoms with van der Waals surface area (Å²) in [7, 11) is 0. The second kappa shape index (κ2) is 9.04. The Hall–Kier alpha value is -2.34. The van der Waals surface area contributed by atoms with E-state index in [4.69, 9.17) is 0 Å². The Morgan fingerprint density at radius 1 is 0.481 bits per heavy atom. The molecule has 0 saturated carbocycles. The number of rotatable bonds is 0. The normalized spacial score (nSPS) is 17.3. The van der Waals surface area contributed by atoms with Gasteiger partial charge in [-0.25, -0.2) is 0 Å². The van der Waals surface area contributed by atoms with Gasteiger partial charge in [0.2, 0.25) is 0 Å². The molecule has 142 valence electrons. The van der Waals surface area contributed by atoms with Crippen molar-refractivity contribution >= 4 is 32.9 Å². The fraction of sp³-hybridized carbons (Fsp3) is 0.364. The molecule has 0 saturated heterocycles. The first-order chi connectivity index (χ1) is 13.4. The quantitative estimate of drug-likeness (QED) is 0.398. The molecule has 0 spiro atoms. The van der Waals surface area contributed by atoms with Crippen molar-refractivity contribution in [2.75, 3.05) is 63.0 Å². The first-order valence-corrected chi connectivity index (χ1v) is 9.97. The maximum atomic E-state index is 3.60. The second-order valence-corrected chi connectivity index (χ2v) is 7.01. The summed E-state index contributed by atoms with van der Waals surface area (Å²) in [5, 5.41) is 22.8. The predicted molar refractivity (Wildman–Crippen MR) is 117 cm³/mol. The van der Waals surface area contributed by atoms with E-state index >= 15 is 0 Å². The van der Waals surface area contributed by atoms with Crippen molar-refractivity contribution in [3.8, 4) is 0 Å². The van der Waals surface area contributed by atoms with E-state index in [1.165, 1.54) is 32.9 Å². The third-order valence-electron chi connectivity index (χ3n) is 5.07. The molecule has 0 atom stereocenters. The van der Waals surface area contributed by atoms with Crippen LogP contribution in [-0.4, -0.2) is 52.4 Å². The molecule has 27 heavy (non-hydrogen) atoms. The van der Waals surface area contributed by atoms with E-state index in [9.17, 15) is 0 Å². The van der Waals surface area contributed by atoms with E-state index in [0.29, 0.717) is 0 Å². The maximum Gasteiger partial charge on any atom is 0.0420 e. The summed E-state index contributed by atoms with van der Waals surface area (Å²) in [4.78, 5) is 0. The number of nitrogens with one attached hydrogen (secondary N) is 5. The van der Waals surface area contributed by atoms with Crippen LogP contribution in [0.5, 0.6) is 0 Å². The summed E-state index contributed by atoms with van der Waals surface area (Å²) in [6, 6.07) is 17.6. The molecule has 5 N–H and O–H groups in total. The van der Waals surface area contributed by atoms with Crippen LogP contribution in [0.1, 0.15) is 0 Å². The topological polar surface area (TPSA) is 60.1 Å². The Balaban J connectivity index is 1.66. The fourth-order valence-corrected chi connectivity index (χ4v) is 3.66. The van der Waals surface area contributed by atoms with E-state index in [1.807, 2.05) is 0 Å². The fourth-order valence-electron chi connectivity index (χ4n) is 3.66. The Kier molecular flexibility index (Phi) is 6.04. The first kappa shape index (κ1) is 18.0. The van der Waals surface area contributed by atoms with Gasteiger partial charge >= 0.3 is 0 Å². The summed E-state index contributed by atoms with van der Waals surface area (Å²) < 4.78 is 0. The SMILES string of the molecule is c1cc2c3cc4c(cccc4cc3c1)NCCNCCNCCNCCN2. The summed E-state index contributed by atoms with van der Waals surface area (Å²) in [5.41, 5.74) is 2.40. The van der Waals surface area contributed by atoms with Crippen molar-refractivity contribution in [2.45, 2.75) is 0 Å². The van der Waals surface area contributed by atoms with Gasteiger partial charge in [0.15, 0.2) is 0 Å². The molecular weight excluding hydrogens is 334 g/mol. The van der Waals surface area contributed by atoms with Crippen LogP contribution in [0.4, 0.5) is 11.4 Å². The summed E-state index contributed by atoms with van der Waals surface area (Å²) in [5.74, 6) is 0. The minimum Gasteiger partial charge on any atom is -0.383 e. The zero-order valence-electron chi connectivity index (χ0n) is 15.8. The zero-order valence-corrected chi connectivity index (χ0v) is 15.8.